The number of rotatable bonds is 5. The van der Waals surface area contributed by atoms with Crippen molar-refractivity contribution in [1.29, 1.82) is 0 Å². The third kappa shape index (κ3) is 4.61. The maximum absolute atomic E-state index is 6.14. The van der Waals surface area contributed by atoms with Crippen LogP contribution in [-0.4, -0.2) is 36.1 Å². The molecule has 31 heavy (non-hydrogen) atoms. The molecule has 5 rings (SSSR count). The molecule has 0 radical (unpaired) electrons. The fourth-order valence-electron chi connectivity index (χ4n) is 4.35. The number of nitrogens with zero attached hydrogens (tertiary/aromatic N) is 2. The molecule has 1 aliphatic heterocycles. The van der Waals surface area contributed by atoms with Crippen LogP contribution in [0.5, 0.6) is 11.5 Å². The average Bonchev–Trinajstić information content (AvgIpc) is 3.10. The summed E-state index contributed by atoms with van der Waals surface area (Å²) in [5, 5.41) is 4.70. The Morgan fingerprint density at radius 2 is 1.61 bits per heavy atom. The van der Waals surface area contributed by atoms with Crippen molar-refractivity contribution in [2.24, 2.45) is 0 Å². The lowest BCUT2D eigenvalue weighted by Gasteiger charge is -2.31. The Labute approximate surface area is 183 Å². The fourth-order valence-corrected chi connectivity index (χ4v) is 4.35. The van der Waals surface area contributed by atoms with Crippen LogP contribution in [0.3, 0.4) is 0 Å². The van der Waals surface area contributed by atoms with Gasteiger partial charge >= 0.3 is 0 Å². The molecule has 1 aromatic heterocycles. The van der Waals surface area contributed by atoms with Gasteiger partial charge in [-0.1, -0.05) is 48.5 Å². The van der Waals surface area contributed by atoms with Gasteiger partial charge < -0.3 is 10.1 Å². The molecule has 156 valence electrons. The van der Waals surface area contributed by atoms with Crippen molar-refractivity contribution in [3.05, 3.63) is 102 Å². The third-order valence-corrected chi connectivity index (χ3v) is 5.82. The molecule has 1 saturated heterocycles. The first-order valence-corrected chi connectivity index (χ1v) is 11.0. The monoisotopic (exact) mass is 409 g/mol. The van der Waals surface area contributed by atoms with Gasteiger partial charge in [0, 0.05) is 31.2 Å². The van der Waals surface area contributed by atoms with Crippen LogP contribution in [0.2, 0.25) is 0 Å². The van der Waals surface area contributed by atoms with Gasteiger partial charge in [0.15, 0.2) is 0 Å². The number of pyridine rings is 1. The minimum Gasteiger partial charge on any atom is -0.457 e. The first-order valence-electron chi connectivity index (χ1n) is 11.0. The number of nitrogens with one attached hydrogen (secondary N) is 1. The second kappa shape index (κ2) is 9.29. The second-order valence-electron chi connectivity index (χ2n) is 7.99. The molecule has 1 fully saturated rings. The summed E-state index contributed by atoms with van der Waals surface area (Å²) < 4.78 is 6.14. The van der Waals surface area contributed by atoms with E-state index in [-0.39, 0.29) is 6.04 Å². The van der Waals surface area contributed by atoms with Gasteiger partial charge in [0.25, 0.3) is 0 Å². The molecule has 1 aliphatic rings. The second-order valence-corrected chi connectivity index (χ2v) is 7.99. The molecule has 4 nitrogen and oxygen atoms in total. The van der Waals surface area contributed by atoms with Crippen molar-refractivity contribution in [1.82, 2.24) is 15.2 Å². The highest BCUT2D eigenvalue weighted by Gasteiger charge is 2.24. The summed E-state index contributed by atoms with van der Waals surface area (Å²) in [6, 6.07) is 29.2. The van der Waals surface area contributed by atoms with Crippen molar-refractivity contribution < 1.29 is 4.74 Å². The van der Waals surface area contributed by atoms with E-state index in [1.54, 1.807) is 0 Å². The Morgan fingerprint density at radius 3 is 2.55 bits per heavy atom. The molecule has 1 N–H and O–H groups in total. The van der Waals surface area contributed by atoms with E-state index in [1.807, 2.05) is 48.7 Å². The molecule has 4 heteroatoms. The Morgan fingerprint density at radius 1 is 0.774 bits per heavy atom. The molecule has 0 bridgehead atoms. The average molecular weight is 410 g/mol. The van der Waals surface area contributed by atoms with Gasteiger partial charge in [0.05, 0.1) is 11.6 Å². The SMILES string of the molecule is c1ccc(Oc2cccc(C(c3cnc4ccccc4c3)N3CCCNCC3)c2)cc1. The van der Waals surface area contributed by atoms with E-state index >= 15 is 0 Å². The highest BCUT2D eigenvalue weighted by atomic mass is 16.5. The van der Waals surface area contributed by atoms with Gasteiger partial charge in [-0.15, -0.1) is 0 Å². The van der Waals surface area contributed by atoms with Crippen LogP contribution in [0.25, 0.3) is 10.9 Å². The zero-order chi connectivity index (χ0) is 20.9. The predicted octanol–water partition coefficient (Wildman–Crippen LogP) is 5.41. The molecule has 0 aliphatic carbocycles. The summed E-state index contributed by atoms with van der Waals surface area (Å²) in [4.78, 5) is 7.33. The van der Waals surface area contributed by atoms with Crippen LogP contribution in [0.4, 0.5) is 0 Å². The zero-order valence-corrected chi connectivity index (χ0v) is 17.6. The molecule has 0 amide bonds. The van der Waals surface area contributed by atoms with Crippen LogP contribution in [0.1, 0.15) is 23.6 Å². The number of hydrogen-bond acceptors (Lipinski definition) is 4. The summed E-state index contributed by atoms with van der Waals surface area (Å²) in [6.45, 7) is 4.11. The lowest BCUT2D eigenvalue weighted by Crippen LogP contribution is -2.33. The molecule has 4 aromatic rings. The third-order valence-electron chi connectivity index (χ3n) is 5.82. The van der Waals surface area contributed by atoms with E-state index in [2.05, 4.69) is 52.7 Å². The van der Waals surface area contributed by atoms with Gasteiger partial charge in [-0.25, -0.2) is 0 Å². The lowest BCUT2D eigenvalue weighted by atomic mass is 9.96. The Bertz CT molecular complexity index is 1140. The van der Waals surface area contributed by atoms with Crippen molar-refractivity contribution in [3.8, 4) is 11.5 Å². The number of hydrogen-bond donors (Lipinski definition) is 1. The zero-order valence-electron chi connectivity index (χ0n) is 17.6. The smallest absolute Gasteiger partial charge is 0.127 e. The Kier molecular flexibility index (Phi) is 5.92. The van der Waals surface area contributed by atoms with Gasteiger partial charge in [0.2, 0.25) is 0 Å². The van der Waals surface area contributed by atoms with Gasteiger partial charge in [-0.2, -0.15) is 0 Å². The van der Waals surface area contributed by atoms with E-state index in [0.717, 1.165) is 49.6 Å². The lowest BCUT2D eigenvalue weighted by molar-refractivity contribution is 0.240. The quantitative estimate of drug-likeness (QED) is 0.478. The molecule has 0 spiro atoms. The van der Waals surface area contributed by atoms with Gasteiger partial charge in [-0.05, 0) is 60.5 Å². The van der Waals surface area contributed by atoms with Crippen molar-refractivity contribution in [2.45, 2.75) is 12.5 Å². The van der Waals surface area contributed by atoms with Crippen LogP contribution in [-0.2, 0) is 0 Å². The topological polar surface area (TPSA) is 37.4 Å². The summed E-state index contributed by atoms with van der Waals surface area (Å²) in [6.07, 6.45) is 3.17. The highest BCUT2D eigenvalue weighted by molar-refractivity contribution is 5.79. The van der Waals surface area contributed by atoms with Crippen LogP contribution in [0, 0.1) is 0 Å². The van der Waals surface area contributed by atoms with Crippen molar-refractivity contribution >= 4 is 10.9 Å². The number of fused-ring (bicyclic) bond motifs is 1. The number of ether oxygens (including phenoxy) is 1. The highest BCUT2D eigenvalue weighted by Crippen LogP contribution is 2.33. The van der Waals surface area contributed by atoms with Gasteiger partial charge in [-0.3, -0.25) is 9.88 Å². The molecular weight excluding hydrogens is 382 g/mol. The predicted molar refractivity (Wildman–Crippen MR) is 126 cm³/mol. The summed E-state index contributed by atoms with van der Waals surface area (Å²) in [5.74, 6) is 1.71. The van der Waals surface area contributed by atoms with Crippen LogP contribution < -0.4 is 10.1 Å². The van der Waals surface area contributed by atoms with Crippen molar-refractivity contribution in [3.63, 3.8) is 0 Å². The number of benzene rings is 3. The van der Waals surface area contributed by atoms with Crippen LogP contribution in [0.15, 0.2) is 91.1 Å². The van der Waals surface area contributed by atoms with E-state index in [1.165, 1.54) is 16.5 Å². The Hall–Kier alpha value is -3.21. The summed E-state index contributed by atoms with van der Waals surface area (Å²) >= 11 is 0. The summed E-state index contributed by atoms with van der Waals surface area (Å²) in [5.41, 5.74) is 3.48. The van der Waals surface area contributed by atoms with E-state index in [4.69, 9.17) is 9.72 Å². The largest absolute Gasteiger partial charge is 0.457 e. The fraction of sp³-hybridized carbons (Fsp3) is 0.222. The first kappa shape index (κ1) is 19.7. The molecule has 1 unspecified atom stereocenters. The molecule has 2 heterocycles. The van der Waals surface area contributed by atoms with Crippen LogP contribution >= 0.6 is 0 Å². The summed E-state index contributed by atoms with van der Waals surface area (Å²) in [7, 11) is 0. The number of aromatic nitrogens is 1. The molecular formula is C27H27N3O. The molecule has 0 saturated carbocycles. The minimum atomic E-state index is 0.135. The van der Waals surface area contributed by atoms with Gasteiger partial charge in [0.1, 0.15) is 11.5 Å². The van der Waals surface area contributed by atoms with E-state index in [9.17, 15) is 0 Å². The molecule has 1 atom stereocenters. The first-order chi connectivity index (χ1) is 15.4. The maximum atomic E-state index is 6.14. The molecule has 3 aromatic carbocycles. The minimum absolute atomic E-state index is 0.135. The normalized spacial score (nSPS) is 16.0. The van der Waals surface area contributed by atoms with E-state index < -0.39 is 0 Å². The maximum Gasteiger partial charge on any atom is 0.127 e. The number of para-hydroxylation sites is 2. The van der Waals surface area contributed by atoms with E-state index in [0.29, 0.717) is 0 Å². The Balaban J connectivity index is 1.54. The van der Waals surface area contributed by atoms with Crippen molar-refractivity contribution in [2.75, 3.05) is 26.2 Å². The standard InChI is InChI=1S/C27H27N3O/c1-2-10-24(11-3-1)31-25-12-6-9-22(19-25)27(30-16-7-14-28-15-17-30)23-18-21-8-4-5-13-26(21)29-20-23/h1-6,8-13,18-20,27-28H,7,14-17H2.